The van der Waals surface area contributed by atoms with Crippen molar-refractivity contribution < 1.29 is 4.79 Å². The molecule has 2 aromatic rings. The number of hydrogen-bond donors (Lipinski definition) is 0. The van der Waals surface area contributed by atoms with Crippen LogP contribution in [-0.4, -0.2) is 6.29 Å². The molecule has 11 heavy (non-hydrogen) atoms. The molecular weight excluding hydrogens is 158 g/mol. The van der Waals surface area contributed by atoms with Gasteiger partial charge in [0, 0.05) is 21.0 Å². The fraction of sp³-hybridized carbons (Fsp3) is 0. The van der Waals surface area contributed by atoms with Crippen LogP contribution in [0.15, 0.2) is 29.6 Å². The summed E-state index contributed by atoms with van der Waals surface area (Å²) in [5, 5.41) is 2.95. The molecular formula is C9H6OS. The molecule has 0 N–H and O–H groups in total. The highest BCUT2D eigenvalue weighted by Gasteiger charge is 1.99. The third kappa shape index (κ3) is 0.955. The Labute approximate surface area is 68.3 Å². The molecule has 0 aliphatic carbocycles. The molecule has 2 heteroatoms. The molecule has 1 nitrogen and oxygen atoms in total. The predicted octanol–water partition coefficient (Wildman–Crippen LogP) is 2.71. The van der Waals surface area contributed by atoms with Crippen molar-refractivity contribution >= 4 is 27.7 Å². The van der Waals surface area contributed by atoms with Crippen LogP contribution in [0.4, 0.5) is 0 Å². The molecule has 1 heterocycles. The first-order valence-corrected chi connectivity index (χ1v) is 4.21. The third-order valence-electron chi connectivity index (χ3n) is 1.64. The second kappa shape index (κ2) is 2.47. The minimum Gasteiger partial charge on any atom is -0.298 e. The summed E-state index contributed by atoms with van der Waals surface area (Å²) < 4.78 is 1.18. The van der Waals surface area contributed by atoms with Crippen molar-refractivity contribution in [2.75, 3.05) is 0 Å². The van der Waals surface area contributed by atoms with E-state index in [1.54, 1.807) is 11.3 Å². The first kappa shape index (κ1) is 6.55. The van der Waals surface area contributed by atoms with Gasteiger partial charge in [0.25, 0.3) is 0 Å². The molecule has 0 aliphatic heterocycles. The molecule has 0 amide bonds. The van der Waals surface area contributed by atoms with Gasteiger partial charge in [0.2, 0.25) is 0 Å². The van der Waals surface area contributed by atoms with E-state index in [-0.39, 0.29) is 0 Å². The van der Waals surface area contributed by atoms with E-state index in [1.807, 2.05) is 29.6 Å². The van der Waals surface area contributed by atoms with Gasteiger partial charge < -0.3 is 0 Å². The van der Waals surface area contributed by atoms with Crippen LogP contribution in [0.5, 0.6) is 0 Å². The zero-order valence-electron chi connectivity index (χ0n) is 5.78. The van der Waals surface area contributed by atoms with Gasteiger partial charge in [0.1, 0.15) is 0 Å². The molecule has 0 spiro atoms. The number of fused-ring (bicyclic) bond motifs is 1. The Morgan fingerprint density at radius 3 is 2.91 bits per heavy atom. The highest BCUT2D eigenvalue weighted by atomic mass is 32.1. The van der Waals surface area contributed by atoms with Crippen molar-refractivity contribution in [3.05, 3.63) is 35.2 Å². The maximum atomic E-state index is 10.5. The molecule has 54 valence electrons. The Morgan fingerprint density at radius 1 is 1.27 bits per heavy atom. The van der Waals surface area contributed by atoms with Crippen molar-refractivity contribution in [3.63, 3.8) is 0 Å². The van der Waals surface area contributed by atoms with Gasteiger partial charge in [-0.3, -0.25) is 4.79 Å². The number of benzene rings is 1. The summed E-state index contributed by atoms with van der Waals surface area (Å²) in [6.45, 7) is 0. The summed E-state index contributed by atoms with van der Waals surface area (Å²) in [4.78, 5) is 10.5. The monoisotopic (exact) mass is 164 g/mol. The largest absolute Gasteiger partial charge is 0.298 e. The van der Waals surface area contributed by atoms with Crippen LogP contribution < -0.4 is 0 Å². The van der Waals surface area contributed by atoms with E-state index < -0.39 is 0 Å². The van der Waals surface area contributed by atoms with E-state index >= 15 is 0 Å². The minimum atomic E-state index is 0.797. The van der Waals surface area contributed by atoms with Gasteiger partial charge in [-0.05, 0) is 6.07 Å². The van der Waals surface area contributed by atoms with Crippen LogP contribution in [0.25, 0.3) is 10.1 Å². The van der Waals surface area contributed by atoms with Crippen molar-refractivity contribution in [1.29, 1.82) is 0 Å². The number of hydrogen-bond acceptors (Lipinski definition) is 2. The number of carbonyl (C=O) groups excluding carboxylic acids is 1. The normalized spacial score (nSPS) is 10.2. The molecule has 0 radical (unpaired) electrons. The summed E-state index contributed by atoms with van der Waals surface area (Å²) in [5.41, 5.74) is 0.797. The van der Waals surface area contributed by atoms with E-state index in [0.29, 0.717) is 0 Å². The second-order valence-corrected chi connectivity index (χ2v) is 3.22. The number of carbonyl (C=O) groups is 1. The van der Waals surface area contributed by atoms with Gasteiger partial charge in [-0.2, -0.15) is 0 Å². The second-order valence-electron chi connectivity index (χ2n) is 2.31. The maximum Gasteiger partial charge on any atom is 0.151 e. The number of thiophene rings is 1. The first-order chi connectivity index (χ1) is 5.42. The Balaban J connectivity index is 2.86. The van der Waals surface area contributed by atoms with Gasteiger partial charge in [-0.1, -0.05) is 18.2 Å². The van der Waals surface area contributed by atoms with E-state index in [0.717, 1.165) is 17.2 Å². The van der Waals surface area contributed by atoms with Crippen LogP contribution >= 0.6 is 11.3 Å². The number of aldehydes is 1. The molecule has 1 aromatic heterocycles. The highest BCUT2D eigenvalue weighted by molar-refractivity contribution is 7.17. The standard InChI is InChI=1S/C9H6OS/c10-5-7-6-11-9-4-2-1-3-8(7)9/h1-6H/i5+2. The number of rotatable bonds is 1. The van der Waals surface area contributed by atoms with Crippen LogP contribution in [-0.2, 0) is 0 Å². The Kier molecular flexibility index (Phi) is 1.47. The van der Waals surface area contributed by atoms with Gasteiger partial charge in [0.15, 0.2) is 6.29 Å². The molecule has 1 aromatic carbocycles. The topological polar surface area (TPSA) is 17.1 Å². The molecule has 0 fully saturated rings. The van der Waals surface area contributed by atoms with Crippen molar-refractivity contribution in [2.24, 2.45) is 0 Å². The lowest BCUT2D eigenvalue weighted by atomic mass is 10.2. The summed E-state index contributed by atoms with van der Waals surface area (Å²) in [5.74, 6) is 0. The van der Waals surface area contributed by atoms with Crippen LogP contribution in [0, 0.1) is 0 Å². The lowest BCUT2D eigenvalue weighted by Crippen LogP contribution is -1.72. The molecule has 2 rings (SSSR count). The summed E-state index contributed by atoms with van der Waals surface area (Å²) in [6, 6.07) is 7.91. The van der Waals surface area contributed by atoms with Crippen LogP contribution in [0.2, 0.25) is 0 Å². The van der Waals surface area contributed by atoms with Gasteiger partial charge >= 0.3 is 0 Å². The van der Waals surface area contributed by atoms with Crippen molar-refractivity contribution in [2.45, 2.75) is 0 Å². The SMILES string of the molecule is O=[14CH]c1csc2ccccc12. The third-order valence-corrected chi connectivity index (χ3v) is 2.62. The zero-order valence-corrected chi connectivity index (χ0v) is 6.60. The summed E-state index contributed by atoms with van der Waals surface area (Å²) >= 11 is 1.61. The molecule has 0 bridgehead atoms. The first-order valence-electron chi connectivity index (χ1n) is 3.33. The quantitative estimate of drug-likeness (QED) is 0.592. The highest BCUT2D eigenvalue weighted by Crippen LogP contribution is 2.23. The van der Waals surface area contributed by atoms with Crippen molar-refractivity contribution in [1.82, 2.24) is 0 Å². The van der Waals surface area contributed by atoms with Crippen LogP contribution in [0.1, 0.15) is 10.4 Å². The maximum absolute atomic E-state index is 10.5. The van der Waals surface area contributed by atoms with Gasteiger partial charge in [-0.25, -0.2) is 0 Å². The lowest BCUT2D eigenvalue weighted by molar-refractivity contribution is 0.112. The average Bonchev–Trinajstić information content (AvgIpc) is 2.47. The predicted molar refractivity (Wildman–Crippen MR) is 47.2 cm³/mol. The molecule has 0 atom stereocenters. The molecule has 0 saturated carbocycles. The molecule has 0 unspecified atom stereocenters. The van der Waals surface area contributed by atoms with E-state index in [2.05, 4.69) is 0 Å². The Hall–Kier alpha value is -1.15. The molecule has 0 aliphatic rings. The fourth-order valence-corrected chi connectivity index (χ4v) is 2.00. The zero-order chi connectivity index (χ0) is 7.68. The Morgan fingerprint density at radius 2 is 2.09 bits per heavy atom. The van der Waals surface area contributed by atoms with E-state index in [1.165, 1.54) is 4.70 Å². The minimum absolute atomic E-state index is 0.797. The summed E-state index contributed by atoms with van der Waals surface area (Å²) in [6.07, 6.45) is 0.902. The Bertz CT molecular complexity index is 389. The lowest BCUT2D eigenvalue weighted by Gasteiger charge is -1.86. The van der Waals surface area contributed by atoms with E-state index in [4.69, 9.17) is 0 Å². The fourth-order valence-electron chi connectivity index (χ4n) is 1.09. The smallest absolute Gasteiger partial charge is 0.151 e. The van der Waals surface area contributed by atoms with Crippen molar-refractivity contribution in [3.8, 4) is 0 Å². The molecule has 0 saturated heterocycles. The van der Waals surface area contributed by atoms with Gasteiger partial charge in [-0.15, -0.1) is 11.3 Å². The van der Waals surface area contributed by atoms with Crippen LogP contribution in [0.3, 0.4) is 0 Å². The van der Waals surface area contributed by atoms with E-state index in [9.17, 15) is 4.79 Å². The summed E-state index contributed by atoms with van der Waals surface area (Å²) in [7, 11) is 0. The average molecular weight is 164 g/mol. The van der Waals surface area contributed by atoms with Gasteiger partial charge in [0.05, 0.1) is 0 Å².